The number of carbonyl (C=O) groups excluding carboxylic acids is 1. The number of amides is 1. The van der Waals surface area contributed by atoms with Gasteiger partial charge in [-0.05, 0) is 43.3 Å². The summed E-state index contributed by atoms with van der Waals surface area (Å²) < 4.78 is 19.6. The van der Waals surface area contributed by atoms with Crippen molar-refractivity contribution in [3.05, 3.63) is 54.3 Å². The molecule has 27 heavy (non-hydrogen) atoms. The van der Waals surface area contributed by atoms with Crippen molar-refractivity contribution < 1.29 is 13.9 Å². The van der Waals surface area contributed by atoms with E-state index in [2.05, 4.69) is 20.8 Å². The average molecular weight is 404 g/mol. The maximum atomic E-state index is 13.6. The van der Waals surface area contributed by atoms with E-state index in [0.29, 0.717) is 27.5 Å². The molecule has 2 N–H and O–H groups in total. The molecule has 0 unspecified atom stereocenters. The number of para-hydroxylation sites is 1. The topological polar surface area (TPSA) is 76.1 Å². The molecule has 9 heteroatoms. The number of hydrogen-bond acceptors (Lipinski definition) is 7. The molecule has 0 radical (unpaired) electrons. The third kappa shape index (κ3) is 5.66. The fraction of sp³-hybridized carbons (Fsp3) is 0.167. The Kier molecular flexibility index (Phi) is 6.61. The van der Waals surface area contributed by atoms with E-state index in [1.807, 2.05) is 6.92 Å². The quantitative estimate of drug-likeness (QED) is 0.537. The second-order valence-corrected chi connectivity index (χ2v) is 7.47. The van der Waals surface area contributed by atoms with Crippen LogP contribution in [0.2, 0.25) is 0 Å². The second-order valence-electron chi connectivity index (χ2n) is 5.27. The van der Waals surface area contributed by atoms with Gasteiger partial charge in [-0.15, -0.1) is 10.2 Å². The number of anilines is 3. The van der Waals surface area contributed by atoms with Gasteiger partial charge in [0.2, 0.25) is 11.0 Å². The zero-order chi connectivity index (χ0) is 19.1. The van der Waals surface area contributed by atoms with Gasteiger partial charge in [0.05, 0.1) is 18.0 Å². The van der Waals surface area contributed by atoms with Crippen molar-refractivity contribution in [2.45, 2.75) is 11.3 Å². The largest absolute Gasteiger partial charge is 0.494 e. The van der Waals surface area contributed by atoms with Crippen LogP contribution in [0.5, 0.6) is 5.75 Å². The number of hydrogen-bond donors (Lipinski definition) is 2. The van der Waals surface area contributed by atoms with Crippen molar-refractivity contribution >= 4 is 45.5 Å². The van der Waals surface area contributed by atoms with Crippen molar-refractivity contribution in [1.82, 2.24) is 10.2 Å². The van der Waals surface area contributed by atoms with Crippen LogP contribution >= 0.6 is 23.1 Å². The lowest BCUT2D eigenvalue weighted by atomic mass is 10.3. The Morgan fingerprint density at radius 1 is 1.19 bits per heavy atom. The summed E-state index contributed by atoms with van der Waals surface area (Å²) in [6, 6.07) is 13.5. The van der Waals surface area contributed by atoms with E-state index in [0.717, 1.165) is 5.75 Å². The highest BCUT2D eigenvalue weighted by Gasteiger charge is 2.10. The lowest BCUT2D eigenvalue weighted by molar-refractivity contribution is -0.113. The minimum atomic E-state index is -0.364. The number of carbonyl (C=O) groups is 1. The summed E-state index contributed by atoms with van der Waals surface area (Å²) in [7, 11) is 0. The first-order valence-electron chi connectivity index (χ1n) is 8.14. The van der Waals surface area contributed by atoms with Gasteiger partial charge >= 0.3 is 0 Å². The van der Waals surface area contributed by atoms with Gasteiger partial charge in [-0.25, -0.2) is 4.39 Å². The summed E-state index contributed by atoms with van der Waals surface area (Å²) in [5.74, 6) is 0.440. The lowest BCUT2D eigenvalue weighted by Gasteiger charge is -2.06. The van der Waals surface area contributed by atoms with Crippen molar-refractivity contribution in [2.24, 2.45) is 0 Å². The minimum Gasteiger partial charge on any atom is -0.494 e. The Morgan fingerprint density at radius 2 is 1.96 bits per heavy atom. The molecule has 140 valence electrons. The summed E-state index contributed by atoms with van der Waals surface area (Å²) in [6.07, 6.45) is 0. The first-order chi connectivity index (χ1) is 13.1. The number of rotatable bonds is 8. The summed E-state index contributed by atoms with van der Waals surface area (Å²) in [6.45, 7) is 2.51. The summed E-state index contributed by atoms with van der Waals surface area (Å²) in [5.41, 5.74) is 1.03. The van der Waals surface area contributed by atoms with Gasteiger partial charge in [-0.3, -0.25) is 4.79 Å². The molecule has 0 fully saturated rings. The Morgan fingerprint density at radius 3 is 2.70 bits per heavy atom. The average Bonchev–Trinajstić information content (AvgIpc) is 3.11. The van der Waals surface area contributed by atoms with Gasteiger partial charge in [0, 0.05) is 5.69 Å². The minimum absolute atomic E-state index is 0.150. The third-order valence-electron chi connectivity index (χ3n) is 3.30. The Labute approximate surface area is 164 Å². The van der Waals surface area contributed by atoms with Gasteiger partial charge in [-0.1, -0.05) is 35.2 Å². The van der Waals surface area contributed by atoms with Crippen LogP contribution in [-0.2, 0) is 4.79 Å². The highest BCUT2D eigenvalue weighted by atomic mass is 32.2. The van der Waals surface area contributed by atoms with E-state index in [1.54, 1.807) is 42.5 Å². The van der Waals surface area contributed by atoms with Gasteiger partial charge in [-0.2, -0.15) is 0 Å². The van der Waals surface area contributed by atoms with Crippen molar-refractivity contribution in [1.29, 1.82) is 0 Å². The molecule has 0 aliphatic heterocycles. The molecule has 1 amide bonds. The van der Waals surface area contributed by atoms with Crippen LogP contribution < -0.4 is 15.4 Å². The van der Waals surface area contributed by atoms with Crippen LogP contribution in [0.1, 0.15) is 6.92 Å². The number of halogens is 1. The smallest absolute Gasteiger partial charge is 0.234 e. The van der Waals surface area contributed by atoms with E-state index in [-0.39, 0.29) is 17.5 Å². The maximum Gasteiger partial charge on any atom is 0.234 e. The van der Waals surface area contributed by atoms with Crippen LogP contribution in [0.3, 0.4) is 0 Å². The predicted molar refractivity (Wildman–Crippen MR) is 107 cm³/mol. The molecule has 0 aliphatic carbocycles. The standard InChI is InChI=1S/C18H17FN4O2S2/c1-2-25-13-9-7-12(8-10-13)20-16(24)11-26-18-23-22-17(27-18)21-15-6-4-3-5-14(15)19/h3-10H,2,11H2,1H3,(H,20,24)(H,21,22). The first-order valence-corrected chi connectivity index (χ1v) is 9.95. The molecule has 0 spiro atoms. The molecular weight excluding hydrogens is 387 g/mol. The number of aromatic nitrogens is 2. The molecule has 0 bridgehead atoms. The molecule has 0 aliphatic rings. The van der Waals surface area contributed by atoms with Crippen molar-refractivity contribution in [2.75, 3.05) is 23.0 Å². The van der Waals surface area contributed by atoms with Gasteiger partial charge in [0.15, 0.2) is 4.34 Å². The fourth-order valence-electron chi connectivity index (χ4n) is 2.12. The van der Waals surface area contributed by atoms with Crippen LogP contribution in [0.25, 0.3) is 0 Å². The number of nitrogens with one attached hydrogen (secondary N) is 2. The van der Waals surface area contributed by atoms with E-state index in [4.69, 9.17) is 4.74 Å². The van der Waals surface area contributed by atoms with Gasteiger partial charge in [0.1, 0.15) is 11.6 Å². The third-order valence-corrected chi connectivity index (χ3v) is 5.27. The van der Waals surface area contributed by atoms with Crippen LogP contribution in [0.15, 0.2) is 52.9 Å². The molecule has 0 saturated heterocycles. The highest BCUT2D eigenvalue weighted by Crippen LogP contribution is 2.28. The second kappa shape index (κ2) is 9.33. The molecule has 0 saturated carbocycles. The Bertz CT molecular complexity index is 902. The maximum absolute atomic E-state index is 13.6. The van der Waals surface area contributed by atoms with E-state index in [1.165, 1.54) is 29.2 Å². The number of benzene rings is 2. The Hall–Kier alpha value is -2.65. The molecule has 1 heterocycles. The number of nitrogens with zero attached hydrogens (tertiary/aromatic N) is 2. The van der Waals surface area contributed by atoms with Crippen molar-refractivity contribution in [3.63, 3.8) is 0 Å². The van der Waals surface area contributed by atoms with E-state index >= 15 is 0 Å². The molecule has 1 aromatic heterocycles. The lowest BCUT2D eigenvalue weighted by Crippen LogP contribution is -2.13. The predicted octanol–water partition coefficient (Wildman–Crippen LogP) is 4.55. The zero-order valence-corrected chi connectivity index (χ0v) is 16.1. The van der Waals surface area contributed by atoms with Gasteiger partial charge in [0.25, 0.3) is 0 Å². The van der Waals surface area contributed by atoms with Crippen LogP contribution in [0.4, 0.5) is 20.9 Å². The fourth-order valence-corrected chi connectivity index (χ4v) is 3.69. The summed E-state index contributed by atoms with van der Waals surface area (Å²) >= 11 is 2.53. The summed E-state index contributed by atoms with van der Waals surface area (Å²) in [5, 5.41) is 14.1. The van der Waals surface area contributed by atoms with Crippen LogP contribution in [0, 0.1) is 5.82 Å². The molecule has 2 aromatic carbocycles. The summed E-state index contributed by atoms with van der Waals surface area (Å²) in [4.78, 5) is 12.1. The molecule has 6 nitrogen and oxygen atoms in total. The molecule has 3 rings (SSSR count). The van der Waals surface area contributed by atoms with Crippen molar-refractivity contribution in [3.8, 4) is 5.75 Å². The van der Waals surface area contributed by atoms with Gasteiger partial charge < -0.3 is 15.4 Å². The molecule has 0 atom stereocenters. The normalized spacial score (nSPS) is 10.4. The Balaban J connectivity index is 1.49. The number of thioether (sulfide) groups is 1. The van der Waals surface area contributed by atoms with E-state index < -0.39 is 0 Å². The first kappa shape index (κ1) is 19.1. The van der Waals surface area contributed by atoms with E-state index in [9.17, 15) is 9.18 Å². The monoisotopic (exact) mass is 404 g/mol. The highest BCUT2D eigenvalue weighted by molar-refractivity contribution is 8.01. The molecular formula is C18H17FN4O2S2. The SMILES string of the molecule is CCOc1ccc(NC(=O)CSc2nnc(Nc3ccccc3F)s2)cc1. The van der Waals surface area contributed by atoms with Crippen LogP contribution in [-0.4, -0.2) is 28.5 Å². The zero-order valence-electron chi connectivity index (χ0n) is 14.4. The number of ether oxygens (including phenoxy) is 1. The molecule has 3 aromatic rings.